The largest absolute Gasteiger partial charge is 0.444 e. The minimum absolute atomic E-state index is 0.0928. The fraction of sp³-hybridized carbons (Fsp3) is 0.304. The van der Waals surface area contributed by atoms with Crippen LogP contribution in [0, 0.1) is 15.9 Å². The van der Waals surface area contributed by atoms with Crippen molar-refractivity contribution in [1.82, 2.24) is 5.01 Å². The number of halogens is 1. The Labute approximate surface area is 200 Å². The van der Waals surface area contributed by atoms with Gasteiger partial charge in [-0.3, -0.25) is 19.8 Å². The summed E-state index contributed by atoms with van der Waals surface area (Å²) in [5.74, 6) is -0.374. The zero-order valence-electron chi connectivity index (χ0n) is 18.9. The molecule has 4 rings (SSSR count). The molecule has 35 heavy (non-hydrogen) atoms. The fourth-order valence-electron chi connectivity index (χ4n) is 3.36. The van der Waals surface area contributed by atoms with Crippen LogP contribution in [-0.2, 0) is 14.3 Å². The molecule has 0 aliphatic carbocycles. The van der Waals surface area contributed by atoms with Gasteiger partial charge in [0.05, 0.1) is 18.0 Å². The zero-order chi connectivity index (χ0) is 25.4. The smallest absolute Gasteiger partial charge is 0.414 e. The Bertz CT molecular complexity index is 1090. The van der Waals surface area contributed by atoms with Crippen LogP contribution in [0.25, 0.3) is 0 Å². The van der Waals surface area contributed by atoms with Crippen molar-refractivity contribution in [1.29, 1.82) is 0 Å². The lowest BCUT2D eigenvalue weighted by Crippen LogP contribution is -2.37. The van der Waals surface area contributed by atoms with E-state index in [0.717, 1.165) is 35.6 Å². The average molecular weight is 485 g/mol. The van der Waals surface area contributed by atoms with E-state index in [4.69, 9.17) is 4.74 Å². The van der Waals surface area contributed by atoms with Gasteiger partial charge in [0.25, 0.3) is 5.69 Å². The van der Waals surface area contributed by atoms with Crippen LogP contribution in [0.5, 0.6) is 0 Å². The first-order chi connectivity index (χ1) is 16.8. The molecule has 2 aromatic rings. The summed E-state index contributed by atoms with van der Waals surface area (Å²) < 4.78 is 17.4. The molecule has 0 radical (unpaired) electrons. The van der Waals surface area contributed by atoms with Crippen molar-refractivity contribution in [2.24, 2.45) is 5.10 Å². The van der Waals surface area contributed by atoms with Crippen LogP contribution in [-0.4, -0.2) is 60.3 Å². The number of rotatable bonds is 7. The summed E-state index contributed by atoms with van der Waals surface area (Å²) in [6.45, 7) is 3.16. The van der Waals surface area contributed by atoms with E-state index in [2.05, 4.69) is 5.10 Å². The van der Waals surface area contributed by atoms with Crippen LogP contribution < -0.4 is 9.80 Å². The maximum Gasteiger partial charge on any atom is 0.414 e. The van der Waals surface area contributed by atoms with Crippen molar-refractivity contribution in [2.75, 3.05) is 29.4 Å². The first kappa shape index (κ1) is 25.3. The standard InChI is InChI=1S/C17H20N4O4.C6H4FNO2/c1-13(23)2-7-16-10-21(17(24)25-16)15-5-3-14(4-6-15)19-8-9-20(12-22)18-11-19;7-5-1-3-6(4-2-5)8(9)10/h3-6,11-12,16H,2,7-10H2,1H3;1-4H/t16-;/m0./s1. The van der Waals surface area contributed by atoms with Crippen LogP contribution in [0.15, 0.2) is 53.6 Å². The van der Waals surface area contributed by atoms with Gasteiger partial charge in [0.15, 0.2) is 0 Å². The van der Waals surface area contributed by atoms with Crippen LogP contribution in [0.4, 0.5) is 26.2 Å². The number of cyclic esters (lactones) is 1. The van der Waals surface area contributed by atoms with E-state index in [-0.39, 0.29) is 23.7 Å². The fourth-order valence-corrected chi connectivity index (χ4v) is 3.36. The van der Waals surface area contributed by atoms with Gasteiger partial charge in [0.1, 0.15) is 24.0 Å². The normalized spacial score (nSPS) is 16.9. The van der Waals surface area contributed by atoms with Crippen LogP contribution in [0.1, 0.15) is 19.8 Å². The molecule has 2 aromatic carbocycles. The Kier molecular flexibility index (Phi) is 8.43. The lowest BCUT2D eigenvalue weighted by molar-refractivity contribution is -0.384. The summed E-state index contributed by atoms with van der Waals surface area (Å²) in [6.07, 6.45) is 2.62. The predicted octanol–water partition coefficient (Wildman–Crippen LogP) is 3.34. The van der Waals surface area contributed by atoms with Crippen molar-refractivity contribution in [3.8, 4) is 0 Å². The quantitative estimate of drug-likeness (QED) is 0.334. The molecule has 2 aliphatic rings. The second kappa shape index (κ2) is 11.7. The molecule has 2 amide bonds. The molecule has 12 heteroatoms. The van der Waals surface area contributed by atoms with Gasteiger partial charge in [-0.1, -0.05) is 0 Å². The number of Topliss-reactive ketones (excluding diaryl/α,β-unsaturated/α-hetero) is 1. The number of nitro benzene ring substituents is 1. The SMILES string of the molecule is CC(=O)CC[C@H]1CN(c2ccc(N3C=NN(C=O)CC3)cc2)C(=O)O1.O=[N+]([O-])c1ccc(F)cc1. The van der Waals surface area contributed by atoms with Gasteiger partial charge < -0.3 is 14.4 Å². The number of hydrogen-bond donors (Lipinski definition) is 0. The second-order valence-corrected chi connectivity index (χ2v) is 7.80. The molecule has 1 saturated heterocycles. The Morgan fingerprint density at radius 2 is 1.83 bits per heavy atom. The van der Waals surface area contributed by atoms with E-state index < -0.39 is 10.7 Å². The number of hydrogen-bond acceptors (Lipinski definition) is 8. The molecule has 1 fully saturated rings. The molecule has 0 aromatic heterocycles. The number of hydrazone groups is 1. The highest BCUT2D eigenvalue weighted by Crippen LogP contribution is 2.26. The number of benzene rings is 2. The molecule has 0 unspecified atom stereocenters. The lowest BCUT2D eigenvalue weighted by Gasteiger charge is -2.26. The topological polar surface area (TPSA) is 126 Å². The van der Waals surface area contributed by atoms with Crippen LogP contribution in [0.3, 0.4) is 0 Å². The van der Waals surface area contributed by atoms with Gasteiger partial charge in [0, 0.05) is 36.5 Å². The highest BCUT2D eigenvalue weighted by Gasteiger charge is 2.32. The van der Waals surface area contributed by atoms with Gasteiger partial charge in [-0.25, -0.2) is 14.2 Å². The van der Waals surface area contributed by atoms with Gasteiger partial charge in [-0.05, 0) is 49.7 Å². The summed E-state index contributed by atoms with van der Waals surface area (Å²) in [6, 6.07) is 11.8. The molecule has 0 bridgehead atoms. The zero-order valence-corrected chi connectivity index (χ0v) is 18.9. The van der Waals surface area contributed by atoms with Crippen molar-refractivity contribution in [3.05, 3.63) is 64.5 Å². The van der Waals surface area contributed by atoms with Gasteiger partial charge in [-0.2, -0.15) is 5.10 Å². The summed E-state index contributed by atoms with van der Waals surface area (Å²) in [5.41, 5.74) is 1.59. The number of carbonyl (C=O) groups excluding carboxylic acids is 3. The Morgan fingerprint density at radius 1 is 1.17 bits per heavy atom. The molecule has 2 aliphatic heterocycles. The van der Waals surface area contributed by atoms with Crippen molar-refractivity contribution >= 4 is 41.7 Å². The van der Waals surface area contributed by atoms with E-state index in [1.807, 2.05) is 29.2 Å². The summed E-state index contributed by atoms with van der Waals surface area (Å²) in [7, 11) is 0. The minimum atomic E-state index is -0.570. The third-order valence-electron chi connectivity index (χ3n) is 5.25. The molecule has 11 nitrogen and oxygen atoms in total. The number of non-ortho nitro benzene ring substituents is 1. The molecule has 1 atom stereocenters. The average Bonchev–Trinajstić information content (AvgIpc) is 3.24. The molecule has 0 saturated carbocycles. The number of ether oxygens (including phenoxy) is 1. The summed E-state index contributed by atoms with van der Waals surface area (Å²) >= 11 is 0. The van der Waals surface area contributed by atoms with Crippen molar-refractivity contribution in [2.45, 2.75) is 25.9 Å². The van der Waals surface area contributed by atoms with Gasteiger partial charge in [0.2, 0.25) is 6.41 Å². The number of ketones is 1. The Hall–Kier alpha value is -4.35. The highest BCUT2D eigenvalue weighted by molar-refractivity contribution is 5.90. The first-order valence-electron chi connectivity index (χ1n) is 10.8. The second-order valence-electron chi connectivity index (χ2n) is 7.80. The third kappa shape index (κ3) is 7.06. The number of amides is 2. The van der Waals surface area contributed by atoms with E-state index in [1.165, 1.54) is 11.9 Å². The maximum absolute atomic E-state index is 12.1. The minimum Gasteiger partial charge on any atom is -0.444 e. The maximum atomic E-state index is 12.1. The van der Waals surface area contributed by atoms with E-state index >= 15 is 0 Å². The molecule has 0 N–H and O–H groups in total. The number of carbonyl (C=O) groups is 3. The molecule has 184 valence electrons. The molecular formula is C23H24FN5O6. The highest BCUT2D eigenvalue weighted by atomic mass is 19.1. The van der Waals surface area contributed by atoms with E-state index in [0.29, 0.717) is 38.9 Å². The van der Waals surface area contributed by atoms with Crippen LogP contribution >= 0.6 is 0 Å². The monoisotopic (exact) mass is 485 g/mol. The van der Waals surface area contributed by atoms with E-state index in [1.54, 1.807) is 11.2 Å². The number of nitrogens with zero attached hydrogens (tertiary/aromatic N) is 5. The van der Waals surface area contributed by atoms with Crippen LogP contribution in [0.2, 0.25) is 0 Å². The predicted molar refractivity (Wildman–Crippen MR) is 126 cm³/mol. The summed E-state index contributed by atoms with van der Waals surface area (Å²) in [5, 5.41) is 15.4. The van der Waals surface area contributed by atoms with Gasteiger partial charge in [-0.15, -0.1) is 0 Å². The van der Waals surface area contributed by atoms with Crippen molar-refractivity contribution < 1.29 is 28.4 Å². The van der Waals surface area contributed by atoms with Gasteiger partial charge >= 0.3 is 6.09 Å². The molecule has 2 heterocycles. The van der Waals surface area contributed by atoms with Crippen molar-refractivity contribution in [3.63, 3.8) is 0 Å². The molecule has 0 spiro atoms. The Balaban J connectivity index is 0.000000287. The number of nitro groups is 1. The third-order valence-corrected chi connectivity index (χ3v) is 5.25. The van der Waals surface area contributed by atoms with E-state index in [9.17, 15) is 28.9 Å². The molecular weight excluding hydrogens is 461 g/mol. The number of anilines is 2. The first-order valence-corrected chi connectivity index (χ1v) is 10.8. The summed E-state index contributed by atoms with van der Waals surface area (Å²) in [4.78, 5) is 46.7. The Morgan fingerprint density at radius 3 is 2.37 bits per heavy atom. The lowest BCUT2D eigenvalue weighted by atomic mass is 10.1.